The molecule has 1 atom stereocenters. The van der Waals surface area contributed by atoms with Crippen molar-refractivity contribution in [3.8, 4) is 0 Å². The van der Waals surface area contributed by atoms with Gasteiger partial charge in [0.2, 0.25) is 21.9 Å². The van der Waals surface area contributed by atoms with Crippen molar-refractivity contribution in [3.63, 3.8) is 0 Å². The summed E-state index contributed by atoms with van der Waals surface area (Å²) < 4.78 is 71.1. The number of benzene rings is 1. The standard InChI is InChI=1S/C20H23F3N6O4S/c1-34(31,32)29-6-7-33-11-14(29)4-5-24-18-15(20(21,22)23)10-25-19(28-18)26-13-2-3-16-12(8-13)9-17(30)27-16/h2-3,8,10,14H,4-7,9,11H2,1H3,(H,27,30)(H2,24,25,26,28). The highest BCUT2D eigenvalue weighted by Crippen LogP contribution is 2.34. The molecule has 3 N–H and O–H groups in total. The molecule has 0 radical (unpaired) electrons. The van der Waals surface area contributed by atoms with Crippen molar-refractivity contribution >= 4 is 39.1 Å². The zero-order valence-electron chi connectivity index (χ0n) is 18.1. The second-order valence-corrected chi connectivity index (χ2v) is 9.93. The summed E-state index contributed by atoms with van der Waals surface area (Å²) in [7, 11) is -3.47. The summed E-state index contributed by atoms with van der Waals surface area (Å²) in [6, 6.07) is 4.55. The van der Waals surface area contributed by atoms with Crippen LogP contribution in [0.2, 0.25) is 0 Å². The second-order valence-electron chi connectivity index (χ2n) is 7.99. The van der Waals surface area contributed by atoms with Crippen molar-refractivity contribution in [3.05, 3.63) is 35.5 Å². The maximum atomic E-state index is 13.5. The molecule has 14 heteroatoms. The van der Waals surface area contributed by atoms with Gasteiger partial charge in [0.15, 0.2) is 0 Å². The molecule has 0 saturated carbocycles. The number of alkyl halides is 3. The van der Waals surface area contributed by atoms with Gasteiger partial charge in [-0.2, -0.15) is 22.5 Å². The summed E-state index contributed by atoms with van der Waals surface area (Å²) in [5.74, 6) is -0.626. The Balaban J connectivity index is 1.49. The molecule has 0 bridgehead atoms. The molecule has 0 aliphatic carbocycles. The van der Waals surface area contributed by atoms with Gasteiger partial charge in [0, 0.05) is 36.7 Å². The van der Waals surface area contributed by atoms with Gasteiger partial charge in [0.25, 0.3) is 0 Å². The first-order chi connectivity index (χ1) is 16.0. The van der Waals surface area contributed by atoms with Crippen LogP contribution in [-0.4, -0.2) is 67.2 Å². The van der Waals surface area contributed by atoms with E-state index in [0.29, 0.717) is 17.6 Å². The summed E-state index contributed by atoms with van der Waals surface area (Å²) in [6.45, 7) is 0.656. The van der Waals surface area contributed by atoms with Crippen LogP contribution >= 0.6 is 0 Å². The second kappa shape index (κ2) is 9.35. The molecule has 1 aromatic heterocycles. The summed E-state index contributed by atoms with van der Waals surface area (Å²) in [5, 5.41) is 8.23. The lowest BCUT2D eigenvalue weighted by Crippen LogP contribution is -2.48. The van der Waals surface area contributed by atoms with E-state index in [1.54, 1.807) is 18.2 Å². The Morgan fingerprint density at radius 3 is 2.85 bits per heavy atom. The maximum Gasteiger partial charge on any atom is 0.421 e. The Hall–Kier alpha value is -2.97. The van der Waals surface area contributed by atoms with Crippen LogP contribution in [0.4, 0.5) is 36.3 Å². The Bertz CT molecular complexity index is 1190. The average Bonchev–Trinajstić information content (AvgIpc) is 3.12. The largest absolute Gasteiger partial charge is 0.421 e. The lowest BCUT2D eigenvalue weighted by atomic mass is 10.1. The average molecular weight is 501 g/mol. The molecular formula is C20H23F3N6O4S. The number of anilines is 4. The number of aromatic nitrogens is 2. The van der Waals surface area contributed by atoms with Crippen LogP contribution in [0.5, 0.6) is 0 Å². The molecule has 4 rings (SSSR count). The predicted molar refractivity (Wildman–Crippen MR) is 118 cm³/mol. The molecule has 1 unspecified atom stereocenters. The number of morpholine rings is 1. The van der Waals surface area contributed by atoms with Gasteiger partial charge < -0.3 is 20.7 Å². The molecule has 3 heterocycles. The number of fused-ring (bicyclic) bond motifs is 1. The highest BCUT2D eigenvalue weighted by atomic mass is 32.2. The summed E-state index contributed by atoms with van der Waals surface area (Å²) in [6.07, 6.45) is -2.48. The molecule has 1 fully saturated rings. The number of carbonyl (C=O) groups excluding carboxylic acids is 1. The topological polar surface area (TPSA) is 126 Å². The first kappa shape index (κ1) is 24.2. The van der Waals surface area contributed by atoms with E-state index >= 15 is 0 Å². The molecule has 34 heavy (non-hydrogen) atoms. The van der Waals surface area contributed by atoms with E-state index in [1.165, 1.54) is 4.31 Å². The molecule has 2 aliphatic rings. The predicted octanol–water partition coefficient (Wildman–Crippen LogP) is 2.20. The van der Waals surface area contributed by atoms with Crippen molar-refractivity contribution in [2.24, 2.45) is 0 Å². The highest BCUT2D eigenvalue weighted by molar-refractivity contribution is 7.88. The van der Waals surface area contributed by atoms with Gasteiger partial charge in [0.05, 0.1) is 25.9 Å². The van der Waals surface area contributed by atoms with E-state index < -0.39 is 33.6 Å². The smallest absolute Gasteiger partial charge is 0.378 e. The zero-order valence-corrected chi connectivity index (χ0v) is 19.0. The number of nitrogens with one attached hydrogen (secondary N) is 3. The first-order valence-electron chi connectivity index (χ1n) is 10.4. The molecule has 2 aromatic rings. The normalized spacial score (nSPS) is 18.9. The monoisotopic (exact) mass is 500 g/mol. The van der Waals surface area contributed by atoms with Crippen molar-refractivity contribution in [1.82, 2.24) is 14.3 Å². The molecule has 2 aliphatic heterocycles. The number of nitrogens with zero attached hydrogens (tertiary/aromatic N) is 3. The van der Waals surface area contributed by atoms with Crippen LogP contribution in [0.25, 0.3) is 0 Å². The van der Waals surface area contributed by atoms with Gasteiger partial charge in [-0.05, 0) is 30.2 Å². The number of halogens is 3. The van der Waals surface area contributed by atoms with E-state index in [4.69, 9.17) is 4.74 Å². The quantitative estimate of drug-likeness (QED) is 0.529. The zero-order chi connectivity index (χ0) is 24.5. The van der Waals surface area contributed by atoms with Crippen molar-refractivity contribution in [2.45, 2.75) is 25.1 Å². The van der Waals surface area contributed by atoms with E-state index in [2.05, 4.69) is 25.9 Å². The van der Waals surface area contributed by atoms with E-state index in [-0.39, 0.29) is 51.0 Å². The molecule has 10 nitrogen and oxygen atoms in total. The lowest BCUT2D eigenvalue weighted by molar-refractivity contribution is -0.137. The van der Waals surface area contributed by atoms with Crippen LogP contribution in [-0.2, 0) is 32.2 Å². The Morgan fingerprint density at radius 2 is 2.12 bits per heavy atom. The third-order valence-electron chi connectivity index (χ3n) is 5.45. The van der Waals surface area contributed by atoms with Gasteiger partial charge in [-0.3, -0.25) is 4.79 Å². The third kappa shape index (κ3) is 5.56. The van der Waals surface area contributed by atoms with Gasteiger partial charge >= 0.3 is 6.18 Å². The number of carbonyl (C=O) groups is 1. The highest BCUT2D eigenvalue weighted by Gasteiger charge is 2.36. The minimum absolute atomic E-state index is 0.0339. The minimum atomic E-state index is -4.69. The molecule has 184 valence electrons. The third-order valence-corrected chi connectivity index (χ3v) is 6.78. The SMILES string of the molecule is CS(=O)(=O)N1CCOCC1CCNc1nc(Nc2ccc3c(c2)CC(=O)N3)ncc1C(F)(F)F. The first-order valence-corrected chi connectivity index (χ1v) is 12.3. The summed E-state index contributed by atoms with van der Waals surface area (Å²) in [4.78, 5) is 19.3. The van der Waals surface area contributed by atoms with Crippen molar-refractivity contribution in [2.75, 3.05) is 48.5 Å². The number of rotatable bonds is 7. The van der Waals surface area contributed by atoms with Crippen LogP contribution in [0, 0.1) is 0 Å². The van der Waals surface area contributed by atoms with Gasteiger partial charge in [-0.25, -0.2) is 13.4 Å². The molecule has 1 saturated heterocycles. The van der Waals surface area contributed by atoms with Crippen molar-refractivity contribution < 1.29 is 31.1 Å². The minimum Gasteiger partial charge on any atom is -0.378 e. The van der Waals surface area contributed by atoms with Crippen LogP contribution < -0.4 is 16.0 Å². The number of ether oxygens (including phenoxy) is 1. The van der Waals surface area contributed by atoms with E-state index in [1.807, 2.05) is 0 Å². The van der Waals surface area contributed by atoms with Gasteiger partial charge in [-0.1, -0.05) is 0 Å². The Kier molecular flexibility index (Phi) is 6.64. The number of amides is 1. The van der Waals surface area contributed by atoms with Crippen molar-refractivity contribution in [1.29, 1.82) is 0 Å². The fourth-order valence-corrected chi connectivity index (χ4v) is 5.00. The molecule has 0 spiro atoms. The fraction of sp³-hybridized carbons (Fsp3) is 0.450. The van der Waals surface area contributed by atoms with Gasteiger partial charge in [0.1, 0.15) is 11.4 Å². The summed E-state index contributed by atoms with van der Waals surface area (Å²) >= 11 is 0. The van der Waals surface area contributed by atoms with Crippen LogP contribution in [0.3, 0.4) is 0 Å². The lowest BCUT2D eigenvalue weighted by Gasteiger charge is -2.33. The van der Waals surface area contributed by atoms with Crippen LogP contribution in [0.1, 0.15) is 17.5 Å². The van der Waals surface area contributed by atoms with E-state index in [0.717, 1.165) is 11.8 Å². The number of sulfonamides is 1. The van der Waals surface area contributed by atoms with Crippen LogP contribution in [0.15, 0.2) is 24.4 Å². The Morgan fingerprint density at radius 1 is 1.32 bits per heavy atom. The fourth-order valence-electron chi connectivity index (χ4n) is 3.88. The summed E-state index contributed by atoms with van der Waals surface area (Å²) in [5.41, 5.74) is 0.914. The van der Waals surface area contributed by atoms with Gasteiger partial charge in [-0.15, -0.1) is 0 Å². The van der Waals surface area contributed by atoms with E-state index in [9.17, 15) is 26.4 Å². The molecule has 1 amide bonds. The number of hydrogen-bond acceptors (Lipinski definition) is 8. The molecule has 1 aromatic carbocycles. The number of hydrogen-bond donors (Lipinski definition) is 3. The Labute approximate surface area is 194 Å². The molecular weight excluding hydrogens is 477 g/mol. The maximum absolute atomic E-state index is 13.5.